The molecule has 1 heterocycles. The molecular formula is C17H23ClN4O. The molecule has 5 nitrogen and oxygen atoms in total. The van der Waals surface area contributed by atoms with E-state index >= 15 is 0 Å². The van der Waals surface area contributed by atoms with Crippen molar-refractivity contribution in [2.24, 2.45) is 5.73 Å². The molecule has 0 aliphatic rings. The Kier molecular flexibility index (Phi) is 5.80. The third-order valence-electron chi connectivity index (χ3n) is 3.70. The Morgan fingerprint density at radius 1 is 1.30 bits per heavy atom. The summed E-state index contributed by atoms with van der Waals surface area (Å²) in [7, 11) is 2.04. The molecule has 0 bridgehead atoms. The van der Waals surface area contributed by atoms with Gasteiger partial charge in [-0.3, -0.25) is 14.4 Å². The first-order valence-electron chi connectivity index (χ1n) is 7.71. The molecule has 23 heavy (non-hydrogen) atoms. The lowest BCUT2D eigenvalue weighted by molar-refractivity contribution is 0.100. The maximum atomic E-state index is 11.1. The summed E-state index contributed by atoms with van der Waals surface area (Å²) in [5.41, 5.74) is 8.81. The molecule has 6 heteroatoms. The third kappa shape index (κ3) is 4.33. The number of hydrogen-bond donors (Lipinski definition) is 1. The molecule has 1 aromatic heterocycles. The molecule has 2 aromatic rings. The summed E-state index contributed by atoms with van der Waals surface area (Å²) in [5.74, 6) is -0.407. The van der Waals surface area contributed by atoms with E-state index in [9.17, 15) is 4.79 Å². The number of nitrogens with zero attached hydrogens (tertiary/aromatic N) is 3. The van der Waals surface area contributed by atoms with Crippen LogP contribution in [0.4, 0.5) is 0 Å². The molecule has 0 spiro atoms. The van der Waals surface area contributed by atoms with Gasteiger partial charge in [0.15, 0.2) is 0 Å². The van der Waals surface area contributed by atoms with E-state index in [2.05, 4.69) is 16.9 Å². The lowest BCUT2D eigenvalue weighted by Crippen LogP contribution is -2.20. The molecular weight excluding hydrogens is 312 g/mol. The van der Waals surface area contributed by atoms with E-state index in [1.54, 1.807) is 12.1 Å². The predicted octanol–water partition coefficient (Wildman–Crippen LogP) is 2.99. The second-order valence-corrected chi connectivity index (χ2v) is 6.18. The van der Waals surface area contributed by atoms with Gasteiger partial charge in [0, 0.05) is 25.2 Å². The lowest BCUT2D eigenvalue weighted by atomic mass is 10.1. The summed E-state index contributed by atoms with van der Waals surface area (Å²) in [4.78, 5) is 13.3. The Morgan fingerprint density at radius 3 is 2.52 bits per heavy atom. The normalized spacial score (nSPS) is 11.2. The summed E-state index contributed by atoms with van der Waals surface area (Å²) in [6.07, 6.45) is 1.02. The van der Waals surface area contributed by atoms with Gasteiger partial charge in [-0.05, 0) is 38.1 Å². The van der Waals surface area contributed by atoms with Crippen LogP contribution in [0.25, 0.3) is 0 Å². The van der Waals surface area contributed by atoms with Gasteiger partial charge in [-0.2, -0.15) is 5.10 Å². The van der Waals surface area contributed by atoms with Crippen molar-refractivity contribution < 1.29 is 4.79 Å². The topological polar surface area (TPSA) is 64.2 Å². The average molecular weight is 335 g/mol. The van der Waals surface area contributed by atoms with E-state index in [1.807, 2.05) is 30.8 Å². The summed E-state index contributed by atoms with van der Waals surface area (Å²) in [6.45, 7) is 6.40. The van der Waals surface area contributed by atoms with Crippen LogP contribution in [0.1, 0.15) is 40.7 Å². The van der Waals surface area contributed by atoms with Crippen LogP contribution in [0.2, 0.25) is 5.02 Å². The van der Waals surface area contributed by atoms with Gasteiger partial charge in [0.25, 0.3) is 0 Å². The van der Waals surface area contributed by atoms with E-state index in [0.29, 0.717) is 5.56 Å². The molecule has 2 rings (SSSR count). The number of halogens is 1. The SMILES string of the molecule is CCCn1nc(C)c(Cl)c1CN(C)Cc1ccc(C(N)=O)cc1. The van der Waals surface area contributed by atoms with Crippen molar-refractivity contribution >= 4 is 17.5 Å². The first-order chi connectivity index (χ1) is 10.9. The standard InChI is InChI=1S/C17H23ClN4O/c1-4-9-22-15(16(18)12(2)20-22)11-21(3)10-13-5-7-14(8-6-13)17(19)23/h5-8H,4,9-11H2,1-3H3,(H2,19,23). The minimum Gasteiger partial charge on any atom is -0.366 e. The van der Waals surface area contributed by atoms with Crippen molar-refractivity contribution in [1.29, 1.82) is 0 Å². The predicted molar refractivity (Wildman–Crippen MR) is 92.4 cm³/mol. The van der Waals surface area contributed by atoms with Crippen molar-refractivity contribution in [3.8, 4) is 0 Å². The summed E-state index contributed by atoms with van der Waals surface area (Å²) in [5, 5.41) is 5.24. The third-order valence-corrected chi connectivity index (χ3v) is 4.19. The monoisotopic (exact) mass is 334 g/mol. The number of rotatable bonds is 7. The van der Waals surface area contributed by atoms with Crippen molar-refractivity contribution in [2.45, 2.75) is 39.9 Å². The molecule has 0 saturated carbocycles. The van der Waals surface area contributed by atoms with Gasteiger partial charge in [-0.15, -0.1) is 0 Å². The van der Waals surface area contributed by atoms with E-state index < -0.39 is 5.91 Å². The van der Waals surface area contributed by atoms with Gasteiger partial charge in [-0.25, -0.2) is 0 Å². The number of aromatic nitrogens is 2. The molecule has 0 saturated heterocycles. The van der Waals surface area contributed by atoms with Gasteiger partial charge in [-0.1, -0.05) is 30.7 Å². The van der Waals surface area contributed by atoms with Gasteiger partial charge in [0.2, 0.25) is 5.91 Å². The van der Waals surface area contributed by atoms with Crippen molar-refractivity contribution in [3.05, 3.63) is 51.8 Å². The second kappa shape index (κ2) is 7.62. The van der Waals surface area contributed by atoms with Crippen LogP contribution < -0.4 is 5.73 Å². The maximum Gasteiger partial charge on any atom is 0.248 e. The van der Waals surface area contributed by atoms with Crippen LogP contribution in [-0.4, -0.2) is 27.6 Å². The van der Waals surface area contributed by atoms with E-state index in [-0.39, 0.29) is 0 Å². The number of benzene rings is 1. The molecule has 0 unspecified atom stereocenters. The molecule has 0 aliphatic heterocycles. The number of amides is 1. The lowest BCUT2D eigenvalue weighted by Gasteiger charge is -2.18. The highest BCUT2D eigenvalue weighted by Crippen LogP contribution is 2.22. The molecule has 0 fully saturated rings. The van der Waals surface area contributed by atoms with Gasteiger partial charge in [0.1, 0.15) is 0 Å². The molecule has 0 aliphatic carbocycles. The number of hydrogen-bond acceptors (Lipinski definition) is 3. The number of aryl methyl sites for hydroxylation is 2. The quantitative estimate of drug-likeness (QED) is 0.846. The first-order valence-corrected chi connectivity index (χ1v) is 8.09. The van der Waals surface area contributed by atoms with Crippen molar-refractivity contribution in [1.82, 2.24) is 14.7 Å². The Hall–Kier alpha value is -1.85. The van der Waals surface area contributed by atoms with E-state index in [4.69, 9.17) is 17.3 Å². The van der Waals surface area contributed by atoms with Crippen LogP contribution in [0.15, 0.2) is 24.3 Å². The number of primary amides is 1. The average Bonchev–Trinajstić information content (AvgIpc) is 2.76. The van der Waals surface area contributed by atoms with Gasteiger partial charge < -0.3 is 5.73 Å². The van der Waals surface area contributed by atoms with Crippen LogP contribution in [0.3, 0.4) is 0 Å². The van der Waals surface area contributed by atoms with Crippen LogP contribution in [0, 0.1) is 6.92 Å². The molecule has 124 valence electrons. The zero-order valence-corrected chi connectivity index (χ0v) is 14.6. The Morgan fingerprint density at radius 2 is 1.96 bits per heavy atom. The second-order valence-electron chi connectivity index (χ2n) is 5.80. The highest BCUT2D eigenvalue weighted by atomic mass is 35.5. The zero-order valence-electron chi connectivity index (χ0n) is 13.8. The minimum atomic E-state index is -0.407. The molecule has 0 radical (unpaired) electrons. The fourth-order valence-electron chi connectivity index (χ4n) is 2.55. The van der Waals surface area contributed by atoms with Crippen LogP contribution in [-0.2, 0) is 19.6 Å². The number of nitrogens with two attached hydrogens (primary N) is 1. The highest BCUT2D eigenvalue weighted by Gasteiger charge is 2.15. The van der Waals surface area contributed by atoms with Gasteiger partial charge in [0.05, 0.1) is 16.4 Å². The van der Waals surface area contributed by atoms with Gasteiger partial charge >= 0.3 is 0 Å². The van der Waals surface area contributed by atoms with E-state index in [0.717, 1.165) is 48.0 Å². The van der Waals surface area contributed by atoms with Crippen molar-refractivity contribution in [3.63, 3.8) is 0 Å². The summed E-state index contributed by atoms with van der Waals surface area (Å²) in [6, 6.07) is 7.35. The summed E-state index contributed by atoms with van der Waals surface area (Å²) < 4.78 is 1.99. The Labute approximate surface area is 142 Å². The molecule has 0 atom stereocenters. The fraction of sp³-hybridized carbons (Fsp3) is 0.412. The number of carbonyl (C=O) groups is 1. The first kappa shape index (κ1) is 17.5. The van der Waals surface area contributed by atoms with E-state index in [1.165, 1.54) is 0 Å². The summed E-state index contributed by atoms with van der Waals surface area (Å²) >= 11 is 6.39. The molecule has 1 aromatic carbocycles. The zero-order chi connectivity index (χ0) is 17.0. The highest BCUT2D eigenvalue weighted by molar-refractivity contribution is 6.31. The van der Waals surface area contributed by atoms with Crippen molar-refractivity contribution in [2.75, 3.05) is 7.05 Å². The largest absolute Gasteiger partial charge is 0.366 e. The Balaban J connectivity index is 2.07. The fourth-order valence-corrected chi connectivity index (χ4v) is 2.75. The Bertz CT molecular complexity index is 679. The van der Waals surface area contributed by atoms with Crippen LogP contribution >= 0.6 is 11.6 Å². The number of carbonyl (C=O) groups excluding carboxylic acids is 1. The minimum absolute atomic E-state index is 0.407. The van der Waals surface area contributed by atoms with Crippen LogP contribution in [0.5, 0.6) is 0 Å². The molecule has 2 N–H and O–H groups in total. The maximum absolute atomic E-state index is 11.1. The molecule has 1 amide bonds. The smallest absolute Gasteiger partial charge is 0.248 e.